The van der Waals surface area contributed by atoms with Gasteiger partial charge in [-0.25, -0.2) is 4.79 Å². The maximum absolute atomic E-state index is 11.8. The van der Waals surface area contributed by atoms with Crippen molar-refractivity contribution in [3.05, 3.63) is 58.1 Å². The minimum atomic E-state index is -0.715. The molecule has 8 heteroatoms. The minimum Gasteiger partial charge on any atom is -0.482 e. The zero-order chi connectivity index (χ0) is 19.1. The second-order valence-electron chi connectivity index (χ2n) is 5.20. The van der Waals surface area contributed by atoms with Gasteiger partial charge in [-0.3, -0.25) is 9.59 Å². The van der Waals surface area contributed by atoms with Gasteiger partial charge in [0.1, 0.15) is 5.75 Å². The number of ketones is 1. The van der Waals surface area contributed by atoms with Crippen LogP contribution in [-0.2, 0) is 14.3 Å². The molecule has 0 aliphatic carbocycles. The van der Waals surface area contributed by atoms with E-state index < -0.39 is 18.5 Å². The van der Waals surface area contributed by atoms with E-state index in [1.54, 1.807) is 30.3 Å². The van der Waals surface area contributed by atoms with Crippen LogP contribution >= 0.6 is 23.2 Å². The summed E-state index contributed by atoms with van der Waals surface area (Å²) in [5.74, 6) is -0.940. The number of hydrogen-bond donors (Lipinski definition) is 1. The number of esters is 1. The summed E-state index contributed by atoms with van der Waals surface area (Å²) in [6.45, 7) is 0.591. The number of benzene rings is 2. The van der Waals surface area contributed by atoms with Crippen molar-refractivity contribution in [2.45, 2.75) is 6.92 Å². The van der Waals surface area contributed by atoms with Crippen molar-refractivity contribution < 1.29 is 23.9 Å². The fourth-order valence-electron chi connectivity index (χ4n) is 1.90. The van der Waals surface area contributed by atoms with E-state index in [-0.39, 0.29) is 12.4 Å². The SMILES string of the molecule is CC(=O)c1ccc(OCC(=O)OCC(=O)Nc2cc(Cl)ccc2Cl)cc1. The van der Waals surface area contributed by atoms with Crippen LogP contribution in [0.3, 0.4) is 0 Å². The van der Waals surface area contributed by atoms with Crippen molar-refractivity contribution in [2.24, 2.45) is 0 Å². The van der Waals surface area contributed by atoms with Crippen molar-refractivity contribution in [1.82, 2.24) is 0 Å². The highest BCUT2D eigenvalue weighted by Gasteiger charge is 2.11. The summed E-state index contributed by atoms with van der Waals surface area (Å²) in [6, 6.07) is 10.9. The average molecular weight is 396 g/mol. The van der Waals surface area contributed by atoms with Crippen molar-refractivity contribution in [3.8, 4) is 5.75 Å². The van der Waals surface area contributed by atoms with Gasteiger partial charge in [-0.2, -0.15) is 0 Å². The molecule has 0 saturated heterocycles. The smallest absolute Gasteiger partial charge is 0.344 e. The number of rotatable bonds is 7. The van der Waals surface area contributed by atoms with Crippen molar-refractivity contribution in [1.29, 1.82) is 0 Å². The van der Waals surface area contributed by atoms with Crippen LogP contribution in [-0.4, -0.2) is 30.9 Å². The molecule has 0 saturated carbocycles. The standard InChI is InChI=1S/C18H15Cl2NO5/c1-11(22)12-2-5-14(6-3-12)25-10-18(24)26-9-17(23)21-16-8-13(19)4-7-15(16)20/h2-8H,9-10H2,1H3,(H,21,23). The predicted octanol–water partition coefficient (Wildman–Crippen LogP) is 3.76. The number of anilines is 1. The van der Waals surface area contributed by atoms with Gasteiger partial charge in [0.25, 0.3) is 5.91 Å². The monoisotopic (exact) mass is 395 g/mol. The Labute approximate surface area is 160 Å². The molecule has 26 heavy (non-hydrogen) atoms. The summed E-state index contributed by atoms with van der Waals surface area (Å²) >= 11 is 11.8. The molecule has 2 rings (SSSR count). The lowest BCUT2D eigenvalue weighted by molar-refractivity contribution is -0.149. The first-order chi connectivity index (χ1) is 12.3. The van der Waals surface area contributed by atoms with Crippen molar-refractivity contribution in [3.63, 3.8) is 0 Å². The first-order valence-electron chi connectivity index (χ1n) is 7.49. The Bertz CT molecular complexity index is 821. The van der Waals surface area contributed by atoms with E-state index in [1.165, 1.54) is 19.1 Å². The molecule has 0 heterocycles. The number of carbonyl (C=O) groups excluding carboxylic acids is 3. The van der Waals surface area contributed by atoms with E-state index in [2.05, 4.69) is 5.32 Å². The maximum atomic E-state index is 11.8. The molecule has 0 radical (unpaired) electrons. The molecule has 0 aliphatic heterocycles. The molecule has 0 unspecified atom stereocenters. The van der Waals surface area contributed by atoms with Crippen LogP contribution in [0.25, 0.3) is 0 Å². The molecule has 0 aliphatic rings. The summed E-state index contributed by atoms with van der Waals surface area (Å²) in [4.78, 5) is 34.6. The van der Waals surface area contributed by atoms with Gasteiger partial charge < -0.3 is 14.8 Å². The third-order valence-corrected chi connectivity index (χ3v) is 3.75. The van der Waals surface area contributed by atoms with Crippen LogP contribution < -0.4 is 10.1 Å². The Hall–Kier alpha value is -2.57. The Morgan fingerprint density at radius 2 is 1.69 bits per heavy atom. The number of Topliss-reactive ketones (excluding diaryl/α,β-unsaturated/α-hetero) is 1. The predicted molar refractivity (Wildman–Crippen MR) is 98.0 cm³/mol. The summed E-state index contributed by atoms with van der Waals surface area (Å²) in [5, 5.41) is 3.21. The van der Waals surface area contributed by atoms with E-state index in [1.807, 2.05) is 0 Å². The van der Waals surface area contributed by atoms with E-state index in [0.29, 0.717) is 27.0 Å². The Morgan fingerprint density at radius 3 is 2.35 bits per heavy atom. The topological polar surface area (TPSA) is 81.7 Å². The number of nitrogens with one attached hydrogen (secondary N) is 1. The molecule has 136 valence electrons. The summed E-state index contributed by atoms with van der Waals surface area (Å²) in [7, 11) is 0. The third kappa shape index (κ3) is 6.06. The molecule has 0 fully saturated rings. The van der Waals surface area contributed by atoms with Crippen LogP contribution in [0.4, 0.5) is 5.69 Å². The van der Waals surface area contributed by atoms with E-state index >= 15 is 0 Å². The molecule has 0 aromatic heterocycles. The number of halogens is 2. The summed E-state index contributed by atoms with van der Waals surface area (Å²) < 4.78 is 10.1. The Balaban J connectivity index is 1.76. The molecule has 2 aromatic carbocycles. The Morgan fingerprint density at radius 1 is 1.00 bits per heavy atom. The lowest BCUT2D eigenvalue weighted by Gasteiger charge is -2.09. The lowest BCUT2D eigenvalue weighted by Crippen LogP contribution is -2.23. The fraction of sp³-hybridized carbons (Fsp3) is 0.167. The molecule has 0 spiro atoms. The number of carbonyl (C=O) groups is 3. The number of ether oxygens (including phenoxy) is 2. The van der Waals surface area contributed by atoms with Crippen LogP contribution in [0, 0.1) is 0 Å². The lowest BCUT2D eigenvalue weighted by atomic mass is 10.1. The van der Waals surface area contributed by atoms with Gasteiger partial charge in [-0.05, 0) is 49.4 Å². The van der Waals surface area contributed by atoms with Gasteiger partial charge in [-0.1, -0.05) is 23.2 Å². The van der Waals surface area contributed by atoms with E-state index in [4.69, 9.17) is 32.7 Å². The molecular formula is C18H15Cl2NO5. The minimum absolute atomic E-state index is 0.0678. The fourth-order valence-corrected chi connectivity index (χ4v) is 2.23. The maximum Gasteiger partial charge on any atom is 0.344 e. The molecule has 2 aromatic rings. The molecule has 0 atom stereocenters. The number of amides is 1. The highest BCUT2D eigenvalue weighted by molar-refractivity contribution is 6.35. The average Bonchev–Trinajstić information content (AvgIpc) is 2.61. The molecule has 1 amide bonds. The van der Waals surface area contributed by atoms with Crippen LogP contribution in [0.2, 0.25) is 10.0 Å². The van der Waals surface area contributed by atoms with Crippen LogP contribution in [0.15, 0.2) is 42.5 Å². The highest BCUT2D eigenvalue weighted by atomic mass is 35.5. The zero-order valence-electron chi connectivity index (χ0n) is 13.8. The van der Waals surface area contributed by atoms with Gasteiger partial charge >= 0.3 is 5.97 Å². The van der Waals surface area contributed by atoms with Crippen molar-refractivity contribution >= 4 is 46.5 Å². The first kappa shape index (κ1) is 19.8. The third-order valence-electron chi connectivity index (χ3n) is 3.18. The summed E-state index contributed by atoms with van der Waals surface area (Å²) in [5.41, 5.74) is 0.860. The molecule has 6 nitrogen and oxygen atoms in total. The Kier molecular flexibility index (Phi) is 7.00. The van der Waals surface area contributed by atoms with Gasteiger partial charge in [0, 0.05) is 10.6 Å². The van der Waals surface area contributed by atoms with Gasteiger partial charge in [-0.15, -0.1) is 0 Å². The first-order valence-corrected chi connectivity index (χ1v) is 8.25. The normalized spacial score (nSPS) is 10.1. The van der Waals surface area contributed by atoms with Crippen LogP contribution in [0.1, 0.15) is 17.3 Å². The van der Waals surface area contributed by atoms with Gasteiger partial charge in [0.05, 0.1) is 10.7 Å². The van der Waals surface area contributed by atoms with Crippen LogP contribution in [0.5, 0.6) is 5.75 Å². The van der Waals surface area contributed by atoms with Crippen molar-refractivity contribution in [2.75, 3.05) is 18.5 Å². The van der Waals surface area contributed by atoms with Gasteiger partial charge in [0.15, 0.2) is 19.0 Å². The van der Waals surface area contributed by atoms with E-state index in [9.17, 15) is 14.4 Å². The molecule has 1 N–H and O–H groups in total. The molecule has 0 bridgehead atoms. The molecular weight excluding hydrogens is 381 g/mol. The summed E-state index contributed by atoms with van der Waals surface area (Å²) in [6.07, 6.45) is 0. The zero-order valence-corrected chi connectivity index (χ0v) is 15.3. The highest BCUT2D eigenvalue weighted by Crippen LogP contribution is 2.25. The van der Waals surface area contributed by atoms with Gasteiger partial charge in [0.2, 0.25) is 0 Å². The second kappa shape index (κ2) is 9.22. The quantitative estimate of drug-likeness (QED) is 0.570. The largest absolute Gasteiger partial charge is 0.482 e. The number of hydrogen-bond acceptors (Lipinski definition) is 5. The van der Waals surface area contributed by atoms with E-state index in [0.717, 1.165) is 0 Å². The second-order valence-corrected chi connectivity index (χ2v) is 6.05.